The molecule has 20 heavy (non-hydrogen) atoms. The number of halogens is 3. The van der Waals surface area contributed by atoms with E-state index in [4.69, 9.17) is 15.6 Å². The van der Waals surface area contributed by atoms with E-state index in [0.29, 0.717) is 6.04 Å². The number of rotatable bonds is 1. The number of carboxylic acid groups (broad SMARTS) is 1. The highest BCUT2D eigenvalue weighted by molar-refractivity contribution is 5.73. The number of benzene rings is 1. The Morgan fingerprint density at radius 3 is 2.30 bits per heavy atom. The summed E-state index contributed by atoms with van der Waals surface area (Å²) in [5.74, 6) is -2.76. The topological polar surface area (TPSA) is 66.6 Å². The van der Waals surface area contributed by atoms with Gasteiger partial charge >= 0.3 is 12.1 Å². The number of hydrogen-bond donors (Lipinski definition) is 2. The lowest BCUT2D eigenvalue weighted by Crippen LogP contribution is -2.42. The van der Waals surface area contributed by atoms with E-state index < -0.39 is 12.1 Å². The van der Waals surface area contributed by atoms with Gasteiger partial charge in [-0.2, -0.15) is 13.2 Å². The van der Waals surface area contributed by atoms with E-state index in [1.807, 2.05) is 6.07 Å². The van der Waals surface area contributed by atoms with Crippen LogP contribution in [-0.2, 0) is 4.79 Å². The Labute approximate surface area is 115 Å². The number of nitrogens with zero attached hydrogens (tertiary/aromatic N) is 1. The SMILES string of the molecule is NC1CCCN(c2ccccc2)C1.O=C(O)C(F)(F)F. The van der Waals surface area contributed by atoms with Crippen LogP contribution in [0.15, 0.2) is 30.3 Å². The molecule has 0 bridgehead atoms. The molecule has 1 aliphatic rings. The second kappa shape index (κ2) is 7.14. The van der Waals surface area contributed by atoms with Gasteiger partial charge in [-0.3, -0.25) is 0 Å². The van der Waals surface area contributed by atoms with Crippen LogP contribution in [0.25, 0.3) is 0 Å². The van der Waals surface area contributed by atoms with Gasteiger partial charge in [0.15, 0.2) is 0 Å². The Bertz CT molecular complexity index is 423. The average Bonchev–Trinajstić information content (AvgIpc) is 2.39. The molecule has 3 N–H and O–H groups in total. The molecule has 0 aromatic heterocycles. The van der Waals surface area contributed by atoms with Gasteiger partial charge in [0.1, 0.15) is 0 Å². The van der Waals surface area contributed by atoms with Crippen molar-refractivity contribution in [1.29, 1.82) is 0 Å². The third-order valence-electron chi connectivity index (χ3n) is 2.82. The van der Waals surface area contributed by atoms with Crippen molar-refractivity contribution < 1.29 is 23.1 Å². The van der Waals surface area contributed by atoms with Crippen LogP contribution in [0.2, 0.25) is 0 Å². The monoisotopic (exact) mass is 290 g/mol. The first-order valence-corrected chi connectivity index (χ1v) is 6.16. The molecular formula is C13H17F3N2O2. The molecule has 1 aliphatic heterocycles. The van der Waals surface area contributed by atoms with Gasteiger partial charge in [-0.1, -0.05) is 18.2 Å². The maximum Gasteiger partial charge on any atom is 0.490 e. The van der Waals surface area contributed by atoms with Crippen molar-refractivity contribution in [2.24, 2.45) is 5.73 Å². The Kier molecular flexibility index (Phi) is 5.82. The average molecular weight is 290 g/mol. The van der Waals surface area contributed by atoms with Gasteiger partial charge in [-0.15, -0.1) is 0 Å². The van der Waals surface area contributed by atoms with Gasteiger partial charge in [0, 0.05) is 24.8 Å². The van der Waals surface area contributed by atoms with Crippen molar-refractivity contribution >= 4 is 11.7 Å². The molecule has 7 heteroatoms. The number of para-hydroxylation sites is 1. The van der Waals surface area contributed by atoms with Gasteiger partial charge in [0.25, 0.3) is 0 Å². The second-order valence-electron chi connectivity index (χ2n) is 4.49. The van der Waals surface area contributed by atoms with E-state index in [-0.39, 0.29) is 0 Å². The van der Waals surface area contributed by atoms with E-state index >= 15 is 0 Å². The lowest BCUT2D eigenvalue weighted by atomic mass is 10.1. The number of aliphatic carboxylic acids is 1. The van der Waals surface area contributed by atoms with Crippen LogP contribution in [0, 0.1) is 0 Å². The van der Waals surface area contributed by atoms with Crippen molar-refractivity contribution in [2.75, 3.05) is 18.0 Å². The molecule has 0 spiro atoms. The maximum atomic E-state index is 10.6. The van der Waals surface area contributed by atoms with Gasteiger partial charge in [0.2, 0.25) is 0 Å². The summed E-state index contributed by atoms with van der Waals surface area (Å²) in [5.41, 5.74) is 7.22. The third kappa shape index (κ3) is 5.48. The van der Waals surface area contributed by atoms with Crippen LogP contribution < -0.4 is 10.6 Å². The minimum absolute atomic E-state index is 0.356. The first kappa shape index (κ1) is 16.3. The Morgan fingerprint density at radius 1 is 1.30 bits per heavy atom. The molecule has 1 atom stereocenters. The van der Waals surface area contributed by atoms with Gasteiger partial charge in [0.05, 0.1) is 0 Å². The molecule has 0 aliphatic carbocycles. The summed E-state index contributed by atoms with van der Waals surface area (Å²) >= 11 is 0. The molecule has 0 radical (unpaired) electrons. The molecule has 4 nitrogen and oxygen atoms in total. The van der Waals surface area contributed by atoms with Gasteiger partial charge in [-0.25, -0.2) is 4.79 Å². The number of carboxylic acids is 1. The van der Waals surface area contributed by atoms with Crippen LogP contribution in [0.1, 0.15) is 12.8 Å². The van der Waals surface area contributed by atoms with Crippen molar-refractivity contribution in [3.05, 3.63) is 30.3 Å². The normalized spacial score (nSPS) is 19.0. The molecule has 1 saturated heterocycles. The van der Waals surface area contributed by atoms with E-state index in [1.165, 1.54) is 18.5 Å². The number of hydrogen-bond acceptors (Lipinski definition) is 3. The molecule has 0 amide bonds. The second-order valence-corrected chi connectivity index (χ2v) is 4.49. The largest absolute Gasteiger partial charge is 0.490 e. The summed E-state index contributed by atoms with van der Waals surface area (Å²) < 4.78 is 31.7. The number of alkyl halides is 3. The fourth-order valence-corrected chi connectivity index (χ4v) is 1.88. The highest BCUT2D eigenvalue weighted by atomic mass is 19.4. The van der Waals surface area contributed by atoms with Crippen LogP contribution in [0.3, 0.4) is 0 Å². The molecule has 2 rings (SSSR count). The minimum Gasteiger partial charge on any atom is -0.475 e. The fraction of sp³-hybridized carbons (Fsp3) is 0.462. The number of nitrogens with two attached hydrogens (primary N) is 1. The maximum absolute atomic E-state index is 10.6. The third-order valence-corrected chi connectivity index (χ3v) is 2.82. The molecule has 112 valence electrons. The quantitative estimate of drug-likeness (QED) is 0.832. The molecule has 0 saturated carbocycles. The molecule has 1 heterocycles. The fourth-order valence-electron chi connectivity index (χ4n) is 1.88. The lowest BCUT2D eigenvalue weighted by Gasteiger charge is -2.32. The molecule has 1 aromatic carbocycles. The zero-order valence-corrected chi connectivity index (χ0v) is 10.8. The lowest BCUT2D eigenvalue weighted by molar-refractivity contribution is -0.192. The standard InChI is InChI=1S/C11H16N2.C2HF3O2/c12-10-5-4-8-13(9-10)11-6-2-1-3-7-11;3-2(4,5)1(6)7/h1-3,6-7,10H,4-5,8-9,12H2;(H,6,7). The van der Waals surface area contributed by atoms with Crippen LogP contribution in [-0.4, -0.2) is 36.4 Å². The predicted octanol–water partition coefficient (Wildman–Crippen LogP) is 2.25. The van der Waals surface area contributed by atoms with E-state index in [0.717, 1.165) is 13.1 Å². The molecule has 1 fully saturated rings. The van der Waals surface area contributed by atoms with E-state index in [1.54, 1.807) is 0 Å². The zero-order valence-electron chi connectivity index (χ0n) is 10.8. The smallest absolute Gasteiger partial charge is 0.475 e. The number of piperidine rings is 1. The van der Waals surface area contributed by atoms with Crippen LogP contribution in [0.4, 0.5) is 18.9 Å². The summed E-state index contributed by atoms with van der Waals surface area (Å²) in [7, 11) is 0. The van der Waals surface area contributed by atoms with Crippen molar-refractivity contribution in [3.8, 4) is 0 Å². The summed E-state index contributed by atoms with van der Waals surface area (Å²) in [6, 6.07) is 10.9. The van der Waals surface area contributed by atoms with E-state index in [9.17, 15) is 13.2 Å². The highest BCUT2D eigenvalue weighted by Gasteiger charge is 2.38. The molecular weight excluding hydrogens is 273 g/mol. The summed E-state index contributed by atoms with van der Waals surface area (Å²) in [4.78, 5) is 11.3. The van der Waals surface area contributed by atoms with Gasteiger partial charge in [-0.05, 0) is 25.0 Å². The first-order chi connectivity index (χ1) is 9.30. The Hall–Kier alpha value is -1.76. The van der Waals surface area contributed by atoms with Crippen molar-refractivity contribution in [2.45, 2.75) is 25.1 Å². The Morgan fingerprint density at radius 2 is 1.85 bits per heavy atom. The minimum atomic E-state index is -5.08. The van der Waals surface area contributed by atoms with Crippen LogP contribution in [0.5, 0.6) is 0 Å². The van der Waals surface area contributed by atoms with Crippen LogP contribution >= 0.6 is 0 Å². The zero-order chi connectivity index (χ0) is 15.2. The summed E-state index contributed by atoms with van der Waals surface area (Å²) in [6.45, 7) is 2.15. The number of anilines is 1. The molecule has 1 aromatic rings. The predicted molar refractivity (Wildman–Crippen MR) is 69.6 cm³/mol. The first-order valence-electron chi connectivity index (χ1n) is 6.16. The Balaban J connectivity index is 0.000000246. The van der Waals surface area contributed by atoms with Crippen molar-refractivity contribution in [1.82, 2.24) is 0 Å². The van der Waals surface area contributed by atoms with Crippen molar-refractivity contribution in [3.63, 3.8) is 0 Å². The number of carbonyl (C=O) groups is 1. The summed E-state index contributed by atoms with van der Waals surface area (Å²) in [5, 5.41) is 7.12. The van der Waals surface area contributed by atoms with Gasteiger partial charge < -0.3 is 15.7 Å². The highest BCUT2D eigenvalue weighted by Crippen LogP contribution is 2.18. The molecule has 1 unspecified atom stereocenters. The summed E-state index contributed by atoms with van der Waals surface area (Å²) in [6.07, 6.45) is -2.70. The van der Waals surface area contributed by atoms with E-state index in [2.05, 4.69) is 29.2 Å².